The average Bonchev–Trinajstić information content (AvgIpc) is 2.58. The van der Waals surface area contributed by atoms with Crippen molar-refractivity contribution in [2.75, 3.05) is 6.61 Å². The van der Waals surface area contributed by atoms with Crippen molar-refractivity contribution < 1.29 is 19.1 Å². The van der Waals surface area contributed by atoms with Crippen molar-refractivity contribution >= 4 is 28.7 Å². The molecule has 2 aromatic rings. The van der Waals surface area contributed by atoms with Gasteiger partial charge in [0.1, 0.15) is 6.04 Å². The van der Waals surface area contributed by atoms with Gasteiger partial charge in [-0.05, 0) is 25.0 Å². The van der Waals surface area contributed by atoms with Crippen LogP contribution in [0.5, 0.6) is 0 Å². The fourth-order valence-electron chi connectivity index (χ4n) is 2.61. The molecule has 0 unspecified atom stereocenters. The van der Waals surface area contributed by atoms with Gasteiger partial charge in [-0.3, -0.25) is 19.4 Å². The molecule has 1 heterocycles. The van der Waals surface area contributed by atoms with Gasteiger partial charge < -0.3 is 15.8 Å². The van der Waals surface area contributed by atoms with Crippen LogP contribution >= 0.6 is 0 Å². The molecular weight excluding hydrogens is 322 g/mol. The molecule has 7 nitrogen and oxygen atoms in total. The predicted octanol–water partition coefficient (Wildman–Crippen LogP) is 1.41. The Labute approximate surface area is 145 Å². The van der Waals surface area contributed by atoms with Crippen LogP contribution in [-0.4, -0.2) is 35.4 Å². The van der Waals surface area contributed by atoms with E-state index in [4.69, 9.17) is 10.5 Å². The van der Waals surface area contributed by atoms with Gasteiger partial charge in [0.05, 0.1) is 24.1 Å². The number of primary amides is 1. The topological polar surface area (TPSA) is 111 Å². The lowest BCUT2D eigenvalue weighted by molar-refractivity contribution is -0.144. The van der Waals surface area contributed by atoms with Crippen molar-refractivity contribution in [3.63, 3.8) is 0 Å². The highest BCUT2D eigenvalue weighted by atomic mass is 16.5. The summed E-state index contributed by atoms with van der Waals surface area (Å²) in [5.41, 5.74) is 6.47. The van der Waals surface area contributed by atoms with Gasteiger partial charge in [0.15, 0.2) is 0 Å². The zero-order valence-corrected chi connectivity index (χ0v) is 14.2. The number of carbonyl (C=O) groups is 3. The minimum Gasteiger partial charge on any atom is -0.466 e. The normalized spacial score (nSPS) is 13.0. The lowest BCUT2D eigenvalue weighted by Crippen LogP contribution is -2.49. The van der Waals surface area contributed by atoms with Gasteiger partial charge >= 0.3 is 5.97 Å². The van der Waals surface area contributed by atoms with Gasteiger partial charge in [-0.2, -0.15) is 0 Å². The van der Waals surface area contributed by atoms with Crippen LogP contribution < -0.4 is 11.1 Å². The van der Waals surface area contributed by atoms with Crippen molar-refractivity contribution in [1.29, 1.82) is 0 Å². The maximum Gasteiger partial charge on any atom is 0.306 e. The maximum atomic E-state index is 12.6. The van der Waals surface area contributed by atoms with Gasteiger partial charge in [-0.15, -0.1) is 0 Å². The maximum absolute atomic E-state index is 12.6. The van der Waals surface area contributed by atoms with Crippen LogP contribution in [0.25, 0.3) is 10.9 Å². The molecule has 2 amide bonds. The molecule has 132 valence electrons. The lowest BCUT2D eigenvalue weighted by atomic mass is 9.97. The first kappa shape index (κ1) is 18.4. The molecule has 0 aliphatic heterocycles. The molecule has 0 spiro atoms. The molecule has 7 heteroatoms. The number of rotatable bonds is 7. The van der Waals surface area contributed by atoms with Crippen molar-refractivity contribution in [3.05, 3.63) is 42.1 Å². The summed E-state index contributed by atoms with van der Waals surface area (Å²) in [5, 5.41) is 3.29. The summed E-state index contributed by atoms with van der Waals surface area (Å²) in [6.07, 6.45) is 1.51. The molecule has 0 radical (unpaired) electrons. The highest BCUT2D eigenvalue weighted by Crippen LogP contribution is 2.17. The number of hydrogen-bond acceptors (Lipinski definition) is 5. The van der Waals surface area contributed by atoms with Gasteiger partial charge in [0, 0.05) is 11.6 Å². The molecule has 25 heavy (non-hydrogen) atoms. The highest BCUT2D eigenvalue weighted by molar-refractivity contribution is 6.07. The van der Waals surface area contributed by atoms with Crippen LogP contribution in [0.1, 0.15) is 30.6 Å². The Bertz CT molecular complexity index is 785. The number of ether oxygens (including phenoxy) is 1. The molecular formula is C18H21N3O4. The number of amides is 2. The number of esters is 1. The molecule has 3 N–H and O–H groups in total. The van der Waals surface area contributed by atoms with E-state index in [1.54, 1.807) is 38.1 Å². The first-order chi connectivity index (χ1) is 11.9. The summed E-state index contributed by atoms with van der Waals surface area (Å²) in [6.45, 7) is 3.61. The van der Waals surface area contributed by atoms with Gasteiger partial charge in [0.25, 0.3) is 5.91 Å². The summed E-state index contributed by atoms with van der Waals surface area (Å²) in [5.74, 6) is -2.08. The van der Waals surface area contributed by atoms with Crippen LogP contribution in [0, 0.1) is 5.92 Å². The van der Waals surface area contributed by atoms with E-state index in [0.29, 0.717) is 16.5 Å². The summed E-state index contributed by atoms with van der Waals surface area (Å²) in [4.78, 5) is 40.2. The molecule has 0 aliphatic carbocycles. The summed E-state index contributed by atoms with van der Waals surface area (Å²) >= 11 is 0. The summed E-state index contributed by atoms with van der Waals surface area (Å²) in [7, 11) is 0. The van der Waals surface area contributed by atoms with Crippen LogP contribution in [-0.2, 0) is 14.3 Å². The van der Waals surface area contributed by atoms with Crippen LogP contribution in [0.15, 0.2) is 36.5 Å². The molecule has 2 atom stereocenters. The van der Waals surface area contributed by atoms with Crippen LogP contribution in [0.4, 0.5) is 0 Å². The van der Waals surface area contributed by atoms with Gasteiger partial charge in [-0.25, -0.2) is 0 Å². The third kappa shape index (κ3) is 4.53. The molecule has 1 aromatic carbocycles. The fraction of sp³-hybridized carbons (Fsp3) is 0.333. The number of para-hydroxylation sites is 1. The third-order valence-corrected chi connectivity index (χ3v) is 3.85. The van der Waals surface area contributed by atoms with Crippen molar-refractivity contribution in [2.24, 2.45) is 11.7 Å². The monoisotopic (exact) mass is 343 g/mol. The average molecular weight is 343 g/mol. The molecule has 1 aromatic heterocycles. The predicted molar refractivity (Wildman–Crippen MR) is 92.6 cm³/mol. The highest BCUT2D eigenvalue weighted by Gasteiger charge is 2.28. The van der Waals surface area contributed by atoms with Crippen LogP contribution in [0.3, 0.4) is 0 Å². The largest absolute Gasteiger partial charge is 0.466 e. The molecule has 0 fully saturated rings. The number of nitrogens with two attached hydrogens (primary N) is 1. The SMILES string of the molecule is CCOC(=O)C[C@H](C)[C@@H](NC(=O)c1ccnc2ccccc12)C(N)=O. The van der Waals surface area contributed by atoms with Crippen molar-refractivity contribution in [3.8, 4) is 0 Å². The second kappa shape index (κ2) is 8.23. The Morgan fingerprint density at radius 1 is 1.24 bits per heavy atom. The standard InChI is InChI=1S/C18H21N3O4/c1-3-25-15(22)10-11(2)16(17(19)23)21-18(24)13-8-9-20-14-7-5-4-6-12(13)14/h4-9,11,16H,3,10H2,1-2H3,(H2,19,23)(H,21,24)/t11-,16+/m0/s1. The Morgan fingerprint density at radius 3 is 2.64 bits per heavy atom. The zero-order chi connectivity index (χ0) is 18.4. The number of aromatic nitrogens is 1. The summed E-state index contributed by atoms with van der Waals surface area (Å²) < 4.78 is 4.88. The molecule has 0 saturated heterocycles. The number of nitrogens with one attached hydrogen (secondary N) is 1. The minimum absolute atomic E-state index is 0.0151. The summed E-state index contributed by atoms with van der Waals surface area (Å²) in [6, 6.07) is 7.79. The van der Waals surface area contributed by atoms with Crippen molar-refractivity contribution in [1.82, 2.24) is 10.3 Å². The van der Waals surface area contributed by atoms with Crippen molar-refractivity contribution in [2.45, 2.75) is 26.3 Å². The first-order valence-electron chi connectivity index (χ1n) is 8.03. The second-order valence-corrected chi connectivity index (χ2v) is 5.72. The number of benzene rings is 1. The van der Waals surface area contributed by atoms with E-state index in [1.807, 2.05) is 6.07 Å². The Kier molecular flexibility index (Phi) is 6.05. The van der Waals surface area contributed by atoms with E-state index in [-0.39, 0.29) is 13.0 Å². The third-order valence-electron chi connectivity index (χ3n) is 3.85. The molecule has 0 aliphatic rings. The van der Waals surface area contributed by atoms with Gasteiger partial charge in [0.2, 0.25) is 5.91 Å². The zero-order valence-electron chi connectivity index (χ0n) is 14.2. The van der Waals surface area contributed by atoms with Crippen LogP contribution in [0.2, 0.25) is 0 Å². The molecule has 2 rings (SSSR count). The number of pyridine rings is 1. The number of nitrogens with zero attached hydrogens (tertiary/aromatic N) is 1. The Hall–Kier alpha value is -2.96. The Morgan fingerprint density at radius 2 is 1.96 bits per heavy atom. The van der Waals surface area contributed by atoms with E-state index in [2.05, 4.69) is 10.3 Å². The first-order valence-corrected chi connectivity index (χ1v) is 8.03. The number of hydrogen-bond donors (Lipinski definition) is 2. The smallest absolute Gasteiger partial charge is 0.306 e. The fourth-order valence-corrected chi connectivity index (χ4v) is 2.61. The second-order valence-electron chi connectivity index (χ2n) is 5.72. The molecule has 0 bridgehead atoms. The minimum atomic E-state index is -0.983. The van der Waals surface area contributed by atoms with Gasteiger partial charge in [-0.1, -0.05) is 25.1 Å². The molecule has 0 saturated carbocycles. The number of fused-ring (bicyclic) bond motifs is 1. The quantitative estimate of drug-likeness (QED) is 0.738. The van der Waals surface area contributed by atoms with E-state index in [9.17, 15) is 14.4 Å². The Balaban J connectivity index is 2.20. The number of carbonyl (C=O) groups excluding carboxylic acids is 3. The van der Waals surface area contributed by atoms with E-state index in [0.717, 1.165) is 0 Å². The van der Waals surface area contributed by atoms with E-state index in [1.165, 1.54) is 6.20 Å². The van der Waals surface area contributed by atoms with E-state index < -0.39 is 29.7 Å². The lowest BCUT2D eigenvalue weighted by Gasteiger charge is -2.22. The van der Waals surface area contributed by atoms with E-state index >= 15 is 0 Å².